The highest BCUT2D eigenvalue weighted by atomic mass is 32.2. The summed E-state index contributed by atoms with van der Waals surface area (Å²) < 4.78 is 23.5. The number of carbonyl (C=O) groups is 2. The molecule has 3 N–H and O–H groups in total. The molecule has 0 radical (unpaired) electrons. The quantitative estimate of drug-likeness (QED) is 0.524. The van der Waals surface area contributed by atoms with Crippen molar-refractivity contribution in [1.82, 2.24) is 10.8 Å². The van der Waals surface area contributed by atoms with Crippen molar-refractivity contribution in [3.8, 4) is 0 Å². The van der Waals surface area contributed by atoms with Gasteiger partial charge in [0.25, 0.3) is 11.8 Å². The van der Waals surface area contributed by atoms with E-state index in [-0.39, 0.29) is 21.4 Å². The molecule has 0 aliphatic heterocycles. The zero-order valence-electron chi connectivity index (χ0n) is 16.2. The maximum atomic E-state index is 12.8. The molecule has 2 rings (SSSR count). The van der Waals surface area contributed by atoms with Gasteiger partial charge in [0.05, 0.1) is 10.9 Å². The lowest BCUT2D eigenvalue weighted by molar-refractivity contribution is 0.0706. The number of sulfone groups is 1. The lowest BCUT2D eigenvalue weighted by atomic mass is 9.82. The van der Waals surface area contributed by atoms with Gasteiger partial charge in [-0.15, -0.1) is 0 Å². The first-order valence-corrected chi connectivity index (χ1v) is 10.5. The molecule has 0 aliphatic rings. The number of nitrogens with one attached hydrogen (secondary N) is 2. The van der Waals surface area contributed by atoms with E-state index in [1.54, 1.807) is 35.8 Å². The Morgan fingerprint density at radius 1 is 0.964 bits per heavy atom. The first-order valence-electron chi connectivity index (χ1n) is 8.59. The van der Waals surface area contributed by atoms with Gasteiger partial charge in [0.15, 0.2) is 9.84 Å². The van der Waals surface area contributed by atoms with Crippen molar-refractivity contribution in [1.29, 1.82) is 0 Å². The predicted octanol–water partition coefficient (Wildman–Crippen LogP) is 2.73. The van der Waals surface area contributed by atoms with Gasteiger partial charge in [-0.2, -0.15) is 0 Å². The molecule has 0 spiro atoms. The van der Waals surface area contributed by atoms with Gasteiger partial charge in [0.2, 0.25) is 0 Å². The molecule has 1 unspecified atom stereocenters. The van der Waals surface area contributed by atoms with Crippen LogP contribution >= 0.6 is 0 Å². The zero-order valence-corrected chi connectivity index (χ0v) is 17.0. The van der Waals surface area contributed by atoms with Crippen LogP contribution in [0.1, 0.15) is 53.1 Å². The van der Waals surface area contributed by atoms with E-state index >= 15 is 0 Å². The second kappa shape index (κ2) is 8.12. The topological polar surface area (TPSA) is 113 Å². The van der Waals surface area contributed by atoms with Crippen LogP contribution in [0.2, 0.25) is 0 Å². The largest absolute Gasteiger partial charge is 0.345 e. The van der Waals surface area contributed by atoms with Gasteiger partial charge < -0.3 is 5.32 Å². The highest BCUT2D eigenvalue weighted by Gasteiger charge is 2.28. The minimum absolute atomic E-state index is 0.0758. The summed E-state index contributed by atoms with van der Waals surface area (Å²) >= 11 is 0. The van der Waals surface area contributed by atoms with Crippen molar-refractivity contribution >= 4 is 21.7 Å². The third kappa shape index (κ3) is 5.17. The molecule has 0 aliphatic carbocycles. The highest BCUT2D eigenvalue weighted by Crippen LogP contribution is 2.33. The molecule has 1 atom stereocenters. The minimum atomic E-state index is -3.42. The van der Waals surface area contributed by atoms with E-state index in [0.29, 0.717) is 0 Å². The maximum absolute atomic E-state index is 12.8. The summed E-state index contributed by atoms with van der Waals surface area (Å²) in [5.41, 5.74) is 2.52. The lowest BCUT2D eigenvalue weighted by Gasteiger charge is -2.32. The van der Waals surface area contributed by atoms with Crippen molar-refractivity contribution in [3.05, 3.63) is 65.2 Å². The highest BCUT2D eigenvalue weighted by molar-refractivity contribution is 7.90. The Hall–Kier alpha value is -2.71. The standard InChI is InChI=1S/C20H24N2O5S/c1-20(2,3)17(13-8-10-14(11-9-13)19(24)22-25)21-18(23)15-6-5-7-16(12-15)28(4,26)27/h5-12,17,25H,1-4H3,(H,21,23)(H,22,24). The van der Waals surface area contributed by atoms with Crippen LogP contribution < -0.4 is 10.8 Å². The summed E-state index contributed by atoms with van der Waals surface area (Å²) in [5, 5.41) is 11.7. The van der Waals surface area contributed by atoms with Crippen LogP contribution in [-0.2, 0) is 9.84 Å². The number of benzene rings is 2. The molecule has 0 saturated heterocycles. The molecule has 150 valence electrons. The Morgan fingerprint density at radius 3 is 2.07 bits per heavy atom. The summed E-state index contributed by atoms with van der Waals surface area (Å²) in [5.74, 6) is -1.02. The van der Waals surface area contributed by atoms with Crippen molar-refractivity contribution in [2.45, 2.75) is 31.7 Å². The normalized spacial score (nSPS) is 12.9. The average Bonchev–Trinajstić information content (AvgIpc) is 2.64. The molecule has 7 nitrogen and oxygen atoms in total. The number of rotatable bonds is 5. The van der Waals surface area contributed by atoms with Crippen LogP contribution in [0.4, 0.5) is 0 Å². The minimum Gasteiger partial charge on any atom is -0.345 e. The lowest BCUT2D eigenvalue weighted by Crippen LogP contribution is -2.36. The third-order valence-corrected chi connectivity index (χ3v) is 5.38. The molecule has 8 heteroatoms. The fourth-order valence-corrected chi connectivity index (χ4v) is 3.44. The van der Waals surface area contributed by atoms with Gasteiger partial charge in [-0.1, -0.05) is 39.0 Å². The summed E-state index contributed by atoms with van der Waals surface area (Å²) in [6.45, 7) is 5.87. The molecule has 0 saturated carbocycles. The van der Waals surface area contributed by atoms with Crippen LogP contribution in [0, 0.1) is 5.41 Å². The molecule has 2 aromatic carbocycles. The van der Waals surface area contributed by atoms with Crippen molar-refractivity contribution in [3.63, 3.8) is 0 Å². The molecular formula is C20H24N2O5S. The number of hydroxylamine groups is 1. The van der Waals surface area contributed by atoms with Crippen molar-refractivity contribution in [2.24, 2.45) is 5.41 Å². The van der Waals surface area contributed by atoms with Crippen LogP contribution in [0.3, 0.4) is 0 Å². The molecule has 28 heavy (non-hydrogen) atoms. The van der Waals surface area contributed by atoms with Gasteiger partial charge in [-0.25, -0.2) is 13.9 Å². The Labute approximate surface area is 164 Å². The van der Waals surface area contributed by atoms with Gasteiger partial charge in [0, 0.05) is 17.4 Å². The van der Waals surface area contributed by atoms with E-state index in [9.17, 15) is 18.0 Å². The summed E-state index contributed by atoms with van der Waals surface area (Å²) in [6.07, 6.45) is 1.09. The second-order valence-corrected chi connectivity index (χ2v) is 9.65. The van der Waals surface area contributed by atoms with Gasteiger partial charge in [0.1, 0.15) is 0 Å². The van der Waals surface area contributed by atoms with Gasteiger partial charge in [-0.05, 0) is 41.3 Å². The van der Waals surface area contributed by atoms with Crippen molar-refractivity contribution < 1.29 is 23.2 Å². The number of hydrogen-bond acceptors (Lipinski definition) is 5. The fraction of sp³-hybridized carbons (Fsp3) is 0.300. The van der Waals surface area contributed by atoms with Gasteiger partial charge in [-0.3, -0.25) is 14.8 Å². The zero-order chi connectivity index (χ0) is 21.1. The molecule has 0 fully saturated rings. The molecule has 2 amide bonds. The smallest absolute Gasteiger partial charge is 0.274 e. The van der Waals surface area contributed by atoms with Gasteiger partial charge >= 0.3 is 0 Å². The predicted molar refractivity (Wildman–Crippen MR) is 105 cm³/mol. The van der Waals surface area contributed by atoms with Crippen LogP contribution in [-0.4, -0.2) is 31.7 Å². The van der Waals surface area contributed by atoms with E-state index in [1.165, 1.54) is 18.2 Å². The number of carbonyl (C=O) groups excluding carboxylic acids is 2. The summed E-state index contributed by atoms with van der Waals surface area (Å²) in [4.78, 5) is 24.3. The fourth-order valence-electron chi connectivity index (χ4n) is 2.77. The maximum Gasteiger partial charge on any atom is 0.274 e. The SMILES string of the molecule is CC(C)(C)C(NC(=O)c1cccc(S(C)(=O)=O)c1)c1ccc(C(=O)NO)cc1. The Balaban J connectivity index is 2.33. The van der Waals surface area contributed by atoms with Crippen LogP contribution in [0.15, 0.2) is 53.4 Å². The van der Waals surface area contributed by atoms with E-state index in [2.05, 4.69) is 5.32 Å². The first kappa shape index (κ1) is 21.6. The molecule has 0 aromatic heterocycles. The van der Waals surface area contributed by atoms with E-state index < -0.39 is 27.7 Å². The average molecular weight is 404 g/mol. The Kier molecular flexibility index (Phi) is 6.26. The third-order valence-electron chi connectivity index (χ3n) is 4.27. The second-order valence-electron chi connectivity index (χ2n) is 7.64. The summed E-state index contributed by atoms with van der Waals surface area (Å²) in [7, 11) is -3.42. The monoisotopic (exact) mass is 404 g/mol. The number of hydrogen-bond donors (Lipinski definition) is 3. The van der Waals surface area contributed by atoms with E-state index in [1.807, 2.05) is 20.8 Å². The van der Waals surface area contributed by atoms with E-state index in [0.717, 1.165) is 11.8 Å². The summed E-state index contributed by atoms with van der Waals surface area (Å²) in [6, 6.07) is 12.0. The van der Waals surface area contributed by atoms with Crippen LogP contribution in [0.5, 0.6) is 0 Å². The molecule has 2 aromatic rings. The Morgan fingerprint density at radius 2 is 1.57 bits per heavy atom. The first-order chi connectivity index (χ1) is 12.9. The molecular weight excluding hydrogens is 380 g/mol. The number of amides is 2. The van der Waals surface area contributed by atoms with Crippen LogP contribution in [0.25, 0.3) is 0 Å². The Bertz CT molecular complexity index is 976. The molecule has 0 bridgehead atoms. The van der Waals surface area contributed by atoms with E-state index in [4.69, 9.17) is 5.21 Å². The molecule has 0 heterocycles. The van der Waals surface area contributed by atoms with Crippen molar-refractivity contribution in [2.75, 3.05) is 6.26 Å².